The van der Waals surface area contributed by atoms with Crippen molar-refractivity contribution in [1.29, 1.82) is 0 Å². The van der Waals surface area contributed by atoms with Crippen molar-refractivity contribution in [2.24, 2.45) is 0 Å². The van der Waals surface area contributed by atoms with Gasteiger partial charge in [-0.2, -0.15) is 4.98 Å². The summed E-state index contributed by atoms with van der Waals surface area (Å²) in [5.41, 5.74) is 5.12. The molecule has 10 heteroatoms. The Morgan fingerprint density at radius 1 is 1.12 bits per heavy atom. The summed E-state index contributed by atoms with van der Waals surface area (Å²) in [4.78, 5) is 26.6. The van der Waals surface area contributed by atoms with Crippen LogP contribution in [0.5, 0.6) is 0 Å². The molecule has 1 aliphatic carbocycles. The molecule has 5 rings (SSSR count). The number of aryl methyl sites for hydroxylation is 2. The molecule has 1 saturated heterocycles. The lowest BCUT2D eigenvalue weighted by Gasteiger charge is -2.25. The lowest BCUT2D eigenvalue weighted by atomic mass is 10.0. The molecule has 1 unspecified atom stereocenters. The van der Waals surface area contributed by atoms with E-state index >= 15 is 0 Å². The molecule has 2 aliphatic rings. The van der Waals surface area contributed by atoms with Gasteiger partial charge in [-0.05, 0) is 74.9 Å². The zero-order chi connectivity index (χ0) is 22.8. The summed E-state index contributed by atoms with van der Waals surface area (Å²) in [5.74, 6) is -0.407. The number of anilines is 4. The van der Waals surface area contributed by atoms with E-state index in [1.165, 1.54) is 72.9 Å². The number of carboxylic acids is 1. The average molecular weight is 485 g/mol. The Hall–Kier alpha value is -2.75. The molecule has 1 fully saturated rings. The maximum atomic E-state index is 11.3. The summed E-state index contributed by atoms with van der Waals surface area (Å²) in [6, 6.07) is 7.15. The van der Waals surface area contributed by atoms with Crippen molar-refractivity contribution in [1.82, 2.24) is 19.9 Å². The Morgan fingerprint density at radius 2 is 1.91 bits per heavy atom. The van der Waals surface area contributed by atoms with E-state index in [-0.39, 0.29) is 5.69 Å². The fraction of sp³-hybridized carbons (Fsp3) is 0.391. The maximum Gasteiger partial charge on any atom is 0.357 e. The van der Waals surface area contributed by atoms with E-state index in [1.807, 2.05) is 0 Å². The largest absolute Gasteiger partial charge is 0.476 e. The topological polar surface area (TPSA) is 103 Å². The quantitative estimate of drug-likeness (QED) is 0.414. The summed E-state index contributed by atoms with van der Waals surface area (Å²) in [5, 5.41) is 16.2. The molecule has 2 aromatic heterocycles. The summed E-state index contributed by atoms with van der Waals surface area (Å²) in [6.07, 6.45) is 8.76. The molecule has 1 aliphatic heterocycles. The Kier molecular flexibility index (Phi) is 6.43. The average Bonchev–Trinajstić information content (AvgIpc) is 3.46. The SMILES string of the molecule is O=C(O)c1ncsc1Nc1nc(Nc2ccc3c(c2)CCC(N2CCCC2)CC3)ncc1Cl. The number of benzene rings is 1. The molecule has 0 bridgehead atoms. The van der Waals surface area contributed by atoms with Crippen LogP contribution in [0.25, 0.3) is 0 Å². The normalized spacial score (nSPS) is 18.5. The number of nitrogens with one attached hydrogen (secondary N) is 2. The lowest BCUT2D eigenvalue weighted by molar-refractivity contribution is 0.0692. The summed E-state index contributed by atoms with van der Waals surface area (Å²) in [6.45, 7) is 2.49. The number of likely N-dealkylation sites (tertiary alicyclic amines) is 1. The number of carbonyl (C=O) groups is 1. The molecule has 3 N–H and O–H groups in total. The van der Waals surface area contributed by atoms with Crippen LogP contribution in [-0.4, -0.2) is 50.1 Å². The van der Waals surface area contributed by atoms with E-state index in [0.717, 1.165) is 18.5 Å². The van der Waals surface area contributed by atoms with Gasteiger partial charge >= 0.3 is 5.97 Å². The highest BCUT2D eigenvalue weighted by Gasteiger charge is 2.24. The van der Waals surface area contributed by atoms with Crippen molar-refractivity contribution in [3.63, 3.8) is 0 Å². The van der Waals surface area contributed by atoms with Gasteiger partial charge in [-0.3, -0.25) is 0 Å². The van der Waals surface area contributed by atoms with Crippen LogP contribution >= 0.6 is 22.9 Å². The van der Waals surface area contributed by atoms with Crippen LogP contribution < -0.4 is 10.6 Å². The van der Waals surface area contributed by atoms with E-state index in [9.17, 15) is 9.90 Å². The molecule has 1 atom stereocenters. The number of nitrogens with zero attached hydrogens (tertiary/aromatic N) is 4. The van der Waals surface area contributed by atoms with Crippen LogP contribution in [0, 0.1) is 0 Å². The number of carboxylic acid groups (broad SMARTS) is 1. The zero-order valence-corrected chi connectivity index (χ0v) is 19.6. The minimum absolute atomic E-state index is 0.0674. The van der Waals surface area contributed by atoms with Crippen LogP contribution in [0.3, 0.4) is 0 Å². The number of thiazole rings is 1. The van der Waals surface area contributed by atoms with Crippen LogP contribution in [-0.2, 0) is 12.8 Å². The predicted octanol–water partition coefficient (Wildman–Crippen LogP) is 5.12. The van der Waals surface area contributed by atoms with Gasteiger partial charge in [0.15, 0.2) is 11.5 Å². The molecule has 0 saturated carbocycles. The lowest BCUT2D eigenvalue weighted by Crippen LogP contribution is -2.32. The maximum absolute atomic E-state index is 11.3. The van der Waals surface area contributed by atoms with Crippen LogP contribution in [0.1, 0.15) is 47.3 Å². The first-order valence-electron chi connectivity index (χ1n) is 11.2. The number of hydrogen-bond acceptors (Lipinski definition) is 8. The predicted molar refractivity (Wildman–Crippen MR) is 130 cm³/mol. The monoisotopic (exact) mass is 484 g/mol. The highest BCUT2D eigenvalue weighted by Crippen LogP contribution is 2.31. The molecule has 33 heavy (non-hydrogen) atoms. The first-order valence-corrected chi connectivity index (χ1v) is 12.4. The van der Waals surface area contributed by atoms with Crippen LogP contribution in [0.4, 0.5) is 22.5 Å². The van der Waals surface area contributed by atoms with Gasteiger partial charge in [-0.15, -0.1) is 11.3 Å². The summed E-state index contributed by atoms with van der Waals surface area (Å²) in [7, 11) is 0. The van der Waals surface area contributed by atoms with Gasteiger partial charge in [0.2, 0.25) is 5.95 Å². The van der Waals surface area contributed by atoms with Gasteiger partial charge in [-0.1, -0.05) is 17.7 Å². The minimum atomic E-state index is -1.11. The molecule has 3 heterocycles. The highest BCUT2D eigenvalue weighted by atomic mass is 35.5. The third-order valence-corrected chi connectivity index (χ3v) is 7.38. The smallest absolute Gasteiger partial charge is 0.357 e. The molecule has 172 valence electrons. The van der Waals surface area contributed by atoms with Crippen molar-refractivity contribution in [2.45, 2.75) is 44.6 Å². The van der Waals surface area contributed by atoms with E-state index in [2.05, 4.69) is 48.7 Å². The van der Waals surface area contributed by atoms with E-state index < -0.39 is 5.97 Å². The Labute approximate surface area is 201 Å². The second-order valence-electron chi connectivity index (χ2n) is 8.43. The van der Waals surface area contributed by atoms with Crippen molar-refractivity contribution >= 4 is 51.4 Å². The third-order valence-electron chi connectivity index (χ3n) is 6.36. The van der Waals surface area contributed by atoms with Gasteiger partial charge in [0, 0.05) is 11.7 Å². The van der Waals surface area contributed by atoms with E-state index in [4.69, 9.17) is 11.6 Å². The van der Waals surface area contributed by atoms with Crippen molar-refractivity contribution < 1.29 is 9.90 Å². The number of rotatable bonds is 6. The minimum Gasteiger partial charge on any atom is -0.476 e. The van der Waals surface area contributed by atoms with E-state index in [1.54, 1.807) is 0 Å². The van der Waals surface area contributed by atoms with Crippen molar-refractivity contribution in [3.05, 3.63) is 51.7 Å². The molecular formula is C23H25ClN6O2S. The van der Waals surface area contributed by atoms with Crippen molar-refractivity contribution in [2.75, 3.05) is 23.7 Å². The highest BCUT2D eigenvalue weighted by molar-refractivity contribution is 7.14. The number of fused-ring (bicyclic) bond motifs is 1. The third kappa shape index (κ3) is 4.95. The Balaban J connectivity index is 1.30. The molecule has 0 spiro atoms. The van der Waals surface area contributed by atoms with Crippen molar-refractivity contribution in [3.8, 4) is 0 Å². The first-order chi connectivity index (χ1) is 16.1. The standard InChI is InChI=1S/C23H25ClN6O2S/c24-18-12-25-23(29-20(18)28-21-19(22(31)32)26-13-33-21)27-16-6-3-14-4-7-17(8-5-15(14)11-16)30-9-1-2-10-30/h3,6,11-13,17H,1-2,4-5,7-10H2,(H,31,32)(H2,25,27,28,29). The Bertz CT molecular complexity index is 1160. The second kappa shape index (κ2) is 9.62. The fourth-order valence-corrected chi connectivity index (χ4v) is 5.49. The van der Waals surface area contributed by atoms with Gasteiger partial charge in [0.1, 0.15) is 10.0 Å². The summed E-state index contributed by atoms with van der Waals surface area (Å²) >= 11 is 7.42. The molecule has 1 aromatic carbocycles. The van der Waals surface area contributed by atoms with Gasteiger partial charge in [-0.25, -0.2) is 14.8 Å². The zero-order valence-electron chi connectivity index (χ0n) is 18.1. The first kappa shape index (κ1) is 22.1. The number of halogens is 1. The van der Waals surface area contributed by atoms with Crippen LogP contribution in [0.15, 0.2) is 29.9 Å². The molecule has 0 radical (unpaired) electrons. The number of hydrogen-bond donors (Lipinski definition) is 3. The molecule has 8 nitrogen and oxygen atoms in total. The fourth-order valence-electron chi connectivity index (χ4n) is 4.68. The van der Waals surface area contributed by atoms with Crippen LogP contribution in [0.2, 0.25) is 5.02 Å². The van der Waals surface area contributed by atoms with Gasteiger partial charge < -0.3 is 20.6 Å². The molecular weight excluding hydrogens is 460 g/mol. The Morgan fingerprint density at radius 3 is 2.70 bits per heavy atom. The molecule has 3 aromatic rings. The second-order valence-corrected chi connectivity index (χ2v) is 9.70. The van der Waals surface area contributed by atoms with Gasteiger partial charge in [0.25, 0.3) is 0 Å². The number of aromatic carboxylic acids is 1. The molecule has 0 amide bonds. The summed E-state index contributed by atoms with van der Waals surface area (Å²) < 4.78 is 0. The van der Waals surface area contributed by atoms with E-state index in [0.29, 0.717) is 27.8 Å². The number of aromatic nitrogens is 3. The van der Waals surface area contributed by atoms with Gasteiger partial charge in [0.05, 0.1) is 11.7 Å².